The zero-order valence-corrected chi connectivity index (χ0v) is 17.1. The molecule has 0 saturated carbocycles. The van der Waals surface area contributed by atoms with Crippen LogP contribution in [0.2, 0.25) is 0 Å². The highest BCUT2D eigenvalue weighted by atomic mass is 32.3. The van der Waals surface area contributed by atoms with Crippen LogP contribution in [0.3, 0.4) is 0 Å². The number of fused-ring (bicyclic) bond motifs is 1. The first kappa shape index (κ1) is 22.0. The van der Waals surface area contributed by atoms with E-state index in [4.69, 9.17) is 13.5 Å². The molecule has 1 aromatic carbocycles. The van der Waals surface area contributed by atoms with Crippen LogP contribution in [0.25, 0.3) is 0 Å². The van der Waals surface area contributed by atoms with Gasteiger partial charge in [-0.15, -0.1) is 0 Å². The maximum atomic E-state index is 11.3. The summed E-state index contributed by atoms with van der Waals surface area (Å²) in [5.41, 5.74) is 3.01. The lowest BCUT2D eigenvalue weighted by Gasteiger charge is -2.22. The van der Waals surface area contributed by atoms with Crippen LogP contribution in [0.4, 0.5) is 0 Å². The zero-order valence-electron chi connectivity index (χ0n) is 16.3. The summed E-state index contributed by atoms with van der Waals surface area (Å²) in [6, 6.07) is 7.96. The van der Waals surface area contributed by atoms with Gasteiger partial charge in [0.2, 0.25) is 0 Å². The third-order valence-electron chi connectivity index (χ3n) is 4.89. The largest absolute Gasteiger partial charge is 0.397 e. The number of rotatable bonds is 12. The average molecular weight is 398 g/mol. The summed E-state index contributed by atoms with van der Waals surface area (Å²) in [4.78, 5) is 4.55. The van der Waals surface area contributed by atoms with Crippen molar-refractivity contribution < 1.29 is 21.9 Å². The van der Waals surface area contributed by atoms with Gasteiger partial charge < -0.3 is 4.74 Å². The molecule has 0 saturated heterocycles. The molecule has 6 nitrogen and oxygen atoms in total. The molecule has 1 heterocycles. The van der Waals surface area contributed by atoms with Crippen molar-refractivity contribution in [3.63, 3.8) is 0 Å². The van der Waals surface area contributed by atoms with Gasteiger partial charge in [0.05, 0.1) is 6.61 Å². The summed E-state index contributed by atoms with van der Waals surface area (Å²) in [5, 5.41) is 0. The normalized spacial score (nSPS) is 16.5. The number of hydrogen-bond acceptors (Lipinski definition) is 5. The van der Waals surface area contributed by atoms with Crippen molar-refractivity contribution in [2.75, 3.05) is 19.8 Å². The molecule has 0 fully saturated rings. The molecule has 0 aromatic heterocycles. The topological polar surface area (TPSA) is 85.2 Å². The molecule has 0 aliphatic carbocycles. The van der Waals surface area contributed by atoms with E-state index in [0.717, 1.165) is 43.4 Å². The van der Waals surface area contributed by atoms with Crippen molar-refractivity contribution in [3.05, 3.63) is 35.4 Å². The Morgan fingerprint density at radius 2 is 2.00 bits per heavy atom. The van der Waals surface area contributed by atoms with E-state index in [0.29, 0.717) is 19.1 Å². The maximum Gasteiger partial charge on any atom is 0.397 e. The van der Waals surface area contributed by atoms with E-state index in [2.05, 4.69) is 24.9 Å². The minimum atomic E-state index is -4.56. The lowest BCUT2D eigenvalue weighted by molar-refractivity contribution is 0.0307. The van der Waals surface area contributed by atoms with Gasteiger partial charge in [-0.1, -0.05) is 57.4 Å². The number of aliphatic imine (C=N–C) groups is 1. The van der Waals surface area contributed by atoms with Gasteiger partial charge in [0.15, 0.2) is 0 Å². The van der Waals surface area contributed by atoms with Crippen LogP contribution in [0.15, 0.2) is 29.3 Å². The number of benzene rings is 1. The van der Waals surface area contributed by atoms with Crippen LogP contribution in [-0.2, 0) is 25.7 Å². The molecule has 2 rings (SSSR count). The van der Waals surface area contributed by atoms with Crippen LogP contribution in [-0.4, -0.2) is 44.5 Å². The van der Waals surface area contributed by atoms with Crippen LogP contribution in [0.1, 0.15) is 57.1 Å². The minimum Gasteiger partial charge on any atom is -0.378 e. The van der Waals surface area contributed by atoms with Gasteiger partial charge in [0, 0.05) is 25.3 Å². The quantitative estimate of drug-likeness (QED) is 0.542. The van der Waals surface area contributed by atoms with E-state index >= 15 is 0 Å². The van der Waals surface area contributed by atoms with E-state index in [1.165, 1.54) is 5.56 Å². The summed E-state index contributed by atoms with van der Waals surface area (Å²) in [7, 11) is -4.56. The van der Waals surface area contributed by atoms with E-state index in [9.17, 15) is 8.42 Å². The zero-order chi connectivity index (χ0) is 19.7. The average Bonchev–Trinajstić information content (AvgIpc) is 2.63. The fraction of sp³-hybridized carbons (Fsp3) is 0.650. The lowest BCUT2D eigenvalue weighted by Crippen LogP contribution is -2.29. The fourth-order valence-corrected chi connectivity index (χ4v) is 3.83. The van der Waals surface area contributed by atoms with Gasteiger partial charge in [0.25, 0.3) is 0 Å². The molecule has 2 atom stereocenters. The summed E-state index contributed by atoms with van der Waals surface area (Å²) in [6.45, 7) is 5.62. The minimum absolute atomic E-state index is 0.101. The third-order valence-corrected chi connectivity index (χ3v) is 5.41. The molecule has 27 heavy (non-hydrogen) atoms. The highest BCUT2D eigenvalue weighted by molar-refractivity contribution is 7.80. The van der Waals surface area contributed by atoms with E-state index in [1.54, 1.807) is 0 Å². The van der Waals surface area contributed by atoms with Gasteiger partial charge >= 0.3 is 10.4 Å². The van der Waals surface area contributed by atoms with Crippen LogP contribution in [0.5, 0.6) is 0 Å². The van der Waals surface area contributed by atoms with E-state index < -0.39 is 16.5 Å². The second-order valence-electron chi connectivity index (χ2n) is 7.04. The molecule has 7 heteroatoms. The molecule has 0 amide bonds. The van der Waals surface area contributed by atoms with E-state index in [1.807, 2.05) is 18.2 Å². The molecule has 152 valence electrons. The standard InChI is InChI=1S/C20H31NO5S/c1-3-5-8-16(4-2)14-25-15-18(26-27(22,23)24)13-20-19-10-7-6-9-17(19)11-12-21-20/h6-7,9-10,16,18H,3-5,8,11-15H2,1-2H3,(H,22,23,24). The molecule has 1 aliphatic heterocycles. The molecule has 1 N–H and O–H groups in total. The Bertz CT molecular complexity index is 717. The second kappa shape index (κ2) is 10.9. The second-order valence-corrected chi connectivity index (χ2v) is 8.09. The fourth-order valence-electron chi connectivity index (χ4n) is 3.36. The SMILES string of the molecule is CCCCC(CC)COCC(CC1=NCCc2ccccc21)OS(=O)(=O)O. The Hall–Kier alpha value is -1.28. The third kappa shape index (κ3) is 7.70. The Morgan fingerprint density at radius 3 is 2.70 bits per heavy atom. The molecule has 2 unspecified atom stereocenters. The summed E-state index contributed by atoms with van der Waals surface area (Å²) < 4.78 is 42.3. The van der Waals surface area contributed by atoms with Gasteiger partial charge in [-0.25, -0.2) is 4.18 Å². The first-order valence-electron chi connectivity index (χ1n) is 9.78. The van der Waals surface area contributed by atoms with Crippen LogP contribution < -0.4 is 0 Å². The molecular weight excluding hydrogens is 366 g/mol. The predicted octanol–water partition coefficient (Wildman–Crippen LogP) is 3.84. The van der Waals surface area contributed by atoms with Crippen molar-refractivity contribution in [3.8, 4) is 0 Å². The highest BCUT2D eigenvalue weighted by Gasteiger charge is 2.23. The molecule has 0 radical (unpaired) electrons. The van der Waals surface area contributed by atoms with Gasteiger partial charge in [-0.2, -0.15) is 8.42 Å². The summed E-state index contributed by atoms with van der Waals surface area (Å²) >= 11 is 0. The van der Waals surface area contributed by atoms with Crippen molar-refractivity contribution in [1.82, 2.24) is 0 Å². The van der Waals surface area contributed by atoms with E-state index in [-0.39, 0.29) is 13.0 Å². The Balaban J connectivity index is 1.99. The molecule has 1 aliphatic rings. The lowest BCUT2D eigenvalue weighted by atomic mass is 9.94. The number of nitrogens with zero attached hydrogens (tertiary/aromatic N) is 1. The Labute approximate surface area is 162 Å². The van der Waals surface area contributed by atoms with Crippen LogP contribution in [0, 0.1) is 5.92 Å². The smallest absolute Gasteiger partial charge is 0.378 e. The van der Waals surface area contributed by atoms with Gasteiger partial charge in [0.1, 0.15) is 6.10 Å². The monoisotopic (exact) mass is 397 g/mol. The Morgan fingerprint density at radius 1 is 1.22 bits per heavy atom. The molecule has 1 aromatic rings. The van der Waals surface area contributed by atoms with Gasteiger partial charge in [-0.3, -0.25) is 9.55 Å². The van der Waals surface area contributed by atoms with Crippen molar-refractivity contribution in [2.24, 2.45) is 10.9 Å². The molecule has 0 bridgehead atoms. The summed E-state index contributed by atoms with van der Waals surface area (Å²) in [5.74, 6) is 0.448. The van der Waals surface area contributed by atoms with Crippen molar-refractivity contribution in [1.29, 1.82) is 0 Å². The highest BCUT2D eigenvalue weighted by Crippen LogP contribution is 2.20. The molecular formula is C20H31NO5S. The van der Waals surface area contributed by atoms with Crippen molar-refractivity contribution in [2.45, 2.75) is 58.5 Å². The molecule has 0 spiro atoms. The number of hydrogen-bond donors (Lipinski definition) is 1. The van der Waals surface area contributed by atoms with Gasteiger partial charge in [-0.05, 0) is 29.9 Å². The first-order valence-corrected chi connectivity index (χ1v) is 11.1. The van der Waals surface area contributed by atoms with Crippen molar-refractivity contribution >= 4 is 16.1 Å². The first-order chi connectivity index (χ1) is 12.9. The predicted molar refractivity (Wildman–Crippen MR) is 107 cm³/mol. The maximum absolute atomic E-state index is 11.3. The summed E-state index contributed by atoms with van der Waals surface area (Å²) in [6.07, 6.45) is 4.76. The van der Waals surface area contributed by atoms with Crippen LogP contribution >= 0.6 is 0 Å². The Kier molecular flexibility index (Phi) is 8.89. The number of unbranched alkanes of at least 4 members (excludes halogenated alkanes) is 1. The number of ether oxygens (including phenoxy) is 1.